The van der Waals surface area contributed by atoms with E-state index in [0.29, 0.717) is 19.8 Å². The van der Waals surface area contributed by atoms with Crippen molar-refractivity contribution in [1.82, 2.24) is 0 Å². The lowest BCUT2D eigenvalue weighted by molar-refractivity contribution is -0.142. The molecule has 0 unspecified atom stereocenters. The smallest absolute Gasteiger partial charge is 0.310 e. The van der Waals surface area contributed by atoms with Crippen molar-refractivity contribution in [1.29, 1.82) is 0 Å². The van der Waals surface area contributed by atoms with Crippen LogP contribution in [0.5, 0.6) is 5.75 Å². The van der Waals surface area contributed by atoms with Crippen LogP contribution in [-0.4, -0.2) is 32.0 Å². The number of esters is 1. The summed E-state index contributed by atoms with van der Waals surface area (Å²) in [4.78, 5) is 11.6. The zero-order chi connectivity index (χ0) is 15.1. The van der Waals surface area contributed by atoms with Gasteiger partial charge in [0, 0.05) is 17.2 Å². The van der Waals surface area contributed by atoms with Crippen LogP contribution in [0.2, 0.25) is 0 Å². The topological polar surface area (TPSA) is 57.9 Å². The Morgan fingerprint density at radius 2 is 2.19 bits per heavy atom. The highest BCUT2D eigenvalue weighted by Gasteiger charge is 2.12. The molecule has 0 aliphatic carbocycles. The van der Waals surface area contributed by atoms with Crippen molar-refractivity contribution in [2.24, 2.45) is 0 Å². The molecular formula is C15H18O5S. The molecule has 2 aromatic rings. The largest absolute Gasteiger partial charge is 0.491 e. The van der Waals surface area contributed by atoms with Gasteiger partial charge in [-0.15, -0.1) is 0 Å². The Morgan fingerprint density at radius 1 is 1.33 bits per heavy atom. The quantitative estimate of drug-likeness (QED) is 0.424. The molecule has 0 amide bonds. The van der Waals surface area contributed by atoms with Crippen molar-refractivity contribution in [3.63, 3.8) is 0 Å². The van der Waals surface area contributed by atoms with Gasteiger partial charge in [-0.2, -0.15) is 0 Å². The number of rotatable bonds is 8. The first-order chi connectivity index (χ1) is 10.2. The molecule has 0 spiro atoms. The third-order valence-electron chi connectivity index (χ3n) is 2.82. The van der Waals surface area contributed by atoms with Crippen LogP contribution < -0.4 is 4.74 Å². The molecule has 21 heavy (non-hydrogen) atoms. The maximum absolute atomic E-state index is 11.6. The number of hydrogen-bond acceptors (Lipinski definition) is 6. The number of hydrogen-bond donors (Lipinski definition) is 0. The summed E-state index contributed by atoms with van der Waals surface area (Å²) in [6.45, 7) is 3.14. The molecule has 0 fully saturated rings. The molecule has 6 heteroatoms. The van der Waals surface area contributed by atoms with Gasteiger partial charge in [-0.05, 0) is 37.2 Å². The minimum absolute atomic E-state index is 0.194. The van der Waals surface area contributed by atoms with E-state index in [1.54, 1.807) is 13.2 Å². The monoisotopic (exact) mass is 310 g/mol. The fourth-order valence-corrected chi connectivity index (χ4v) is 2.17. The Morgan fingerprint density at radius 3 is 2.95 bits per heavy atom. The first-order valence-electron chi connectivity index (χ1n) is 6.68. The minimum Gasteiger partial charge on any atom is -0.491 e. The molecule has 0 aliphatic heterocycles. The summed E-state index contributed by atoms with van der Waals surface area (Å²) < 4.78 is 21.1. The Balaban J connectivity index is 2.07. The van der Waals surface area contributed by atoms with Crippen LogP contribution in [0.15, 0.2) is 28.9 Å². The van der Waals surface area contributed by atoms with E-state index in [4.69, 9.17) is 18.1 Å². The molecule has 0 saturated carbocycles. The summed E-state index contributed by atoms with van der Waals surface area (Å²) >= 11 is 1.31. The lowest BCUT2D eigenvalue weighted by Crippen LogP contribution is -2.07. The van der Waals surface area contributed by atoms with Crippen LogP contribution in [-0.2, 0) is 20.1 Å². The lowest BCUT2D eigenvalue weighted by Gasteiger charge is -2.06. The second kappa shape index (κ2) is 7.95. The fourth-order valence-electron chi connectivity index (χ4n) is 1.93. The van der Waals surface area contributed by atoms with E-state index in [-0.39, 0.29) is 12.4 Å². The molecule has 0 radical (unpaired) electrons. The van der Waals surface area contributed by atoms with Crippen LogP contribution >= 0.6 is 12.0 Å². The zero-order valence-electron chi connectivity index (χ0n) is 12.1. The maximum Gasteiger partial charge on any atom is 0.310 e. The number of furan rings is 1. The fraction of sp³-hybridized carbons (Fsp3) is 0.400. The second-order valence-corrected chi connectivity index (χ2v) is 4.81. The second-order valence-electron chi connectivity index (χ2n) is 4.24. The Kier molecular flexibility index (Phi) is 5.95. The van der Waals surface area contributed by atoms with Crippen molar-refractivity contribution >= 4 is 29.0 Å². The van der Waals surface area contributed by atoms with Crippen molar-refractivity contribution < 1.29 is 22.9 Å². The highest BCUT2D eigenvalue weighted by Crippen LogP contribution is 2.26. The zero-order valence-corrected chi connectivity index (χ0v) is 12.9. The van der Waals surface area contributed by atoms with Crippen molar-refractivity contribution in [3.8, 4) is 5.75 Å². The SMILES string of the molecule is CCOC(=O)Cc1coc2ccc(OCCOSC)cc12. The molecular weight excluding hydrogens is 292 g/mol. The predicted octanol–water partition coefficient (Wildman–Crippen LogP) is 3.21. The van der Waals surface area contributed by atoms with E-state index in [9.17, 15) is 4.79 Å². The van der Waals surface area contributed by atoms with E-state index in [2.05, 4.69) is 0 Å². The van der Waals surface area contributed by atoms with Crippen LogP contribution in [0, 0.1) is 0 Å². The maximum atomic E-state index is 11.6. The van der Waals surface area contributed by atoms with Crippen LogP contribution in [0.4, 0.5) is 0 Å². The first-order valence-corrected chi connectivity index (χ1v) is 7.83. The summed E-state index contributed by atoms with van der Waals surface area (Å²) in [5, 5.41) is 0.867. The number of benzene rings is 1. The number of carbonyl (C=O) groups excluding carboxylic acids is 1. The highest BCUT2D eigenvalue weighted by atomic mass is 32.2. The van der Waals surface area contributed by atoms with E-state index < -0.39 is 0 Å². The summed E-state index contributed by atoms with van der Waals surface area (Å²) in [6, 6.07) is 5.53. The first kappa shape index (κ1) is 15.7. The molecule has 1 aromatic heterocycles. The molecule has 114 valence electrons. The van der Waals surface area contributed by atoms with Gasteiger partial charge in [-0.25, -0.2) is 0 Å². The Labute approximate surface area is 127 Å². The van der Waals surface area contributed by atoms with Crippen molar-refractivity contribution in [2.75, 3.05) is 26.1 Å². The van der Waals surface area contributed by atoms with E-state index in [1.165, 1.54) is 12.0 Å². The van der Waals surface area contributed by atoms with Crippen molar-refractivity contribution in [3.05, 3.63) is 30.0 Å². The number of ether oxygens (including phenoxy) is 2. The molecule has 5 nitrogen and oxygen atoms in total. The molecule has 1 aromatic carbocycles. The third kappa shape index (κ3) is 4.41. The molecule has 0 saturated heterocycles. The van der Waals surface area contributed by atoms with Gasteiger partial charge in [0.15, 0.2) is 0 Å². The van der Waals surface area contributed by atoms with Gasteiger partial charge in [0.2, 0.25) is 0 Å². The van der Waals surface area contributed by atoms with E-state index in [0.717, 1.165) is 22.3 Å². The normalized spacial score (nSPS) is 10.8. The van der Waals surface area contributed by atoms with Gasteiger partial charge >= 0.3 is 5.97 Å². The minimum atomic E-state index is -0.264. The van der Waals surface area contributed by atoms with Gasteiger partial charge in [-0.3, -0.25) is 4.79 Å². The summed E-state index contributed by atoms with van der Waals surface area (Å²) in [5.41, 5.74) is 1.52. The Hall–Kier alpha value is -1.66. The number of carbonyl (C=O) groups is 1. The van der Waals surface area contributed by atoms with Crippen LogP contribution in [0.1, 0.15) is 12.5 Å². The van der Waals surface area contributed by atoms with Crippen molar-refractivity contribution in [2.45, 2.75) is 13.3 Å². The summed E-state index contributed by atoms with van der Waals surface area (Å²) in [6.07, 6.45) is 3.64. The van der Waals surface area contributed by atoms with Gasteiger partial charge < -0.3 is 18.1 Å². The number of fused-ring (bicyclic) bond motifs is 1. The summed E-state index contributed by atoms with van der Waals surface area (Å²) in [5.74, 6) is 0.457. The molecule has 0 N–H and O–H groups in total. The standard InChI is InChI=1S/C15H18O5S/c1-3-17-15(16)8-11-10-19-14-5-4-12(9-13(11)14)18-6-7-20-21-2/h4-5,9-10H,3,6-8H2,1-2H3. The molecule has 0 atom stereocenters. The van der Waals surface area contributed by atoms with Gasteiger partial charge in [0.25, 0.3) is 0 Å². The molecule has 2 rings (SSSR count). The van der Waals surface area contributed by atoms with Gasteiger partial charge in [0.05, 0.1) is 25.9 Å². The van der Waals surface area contributed by atoms with E-state index >= 15 is 0 Å². The van der Waals surface area contributed by atoms with Crippen LogP contribution in [0.3, 0.4) is 0 Å². The van der Waals surface area contributed by atoms with E-state index in [1.807, 2.05) is 24.5 Å². The predicted molar refractivity (Wildman–Crippen MR) is 81.5 cm³/mol. The lowest BCUT2D eigenvalue weighted by atomic mass is 10.1. The summed E-state index contributed by atoms with van der Waals surface area (Å²) in [7, 11) is 0. The third-order valence-corrected chi connectivity index (χ3v) is 3.22. The van der Waals surface area contributed by atoms with Crippen LogP contribution in [0.25, 0.3) is 11.0 Å². The van der Waals surface area contributed by atoms with Gasteiger partial charge in [0.1, 0.15) is 17.9 Å². The molecule has 1 heterocycles. The average Bonchev–Trinajstić information content (AvgIpc) is 2.86. The Bertz CT molecular complexity index is 593. The average molecular weight is 310 g/mol. The highest BCUT2D eigenvalue weighted by molar-refractivity contribution is 7.93. The molecule has 0 aliphatic rings. The van der Waals surface area contributed by atoms with Gasteiger partial charge in [-0.1, -0.05) is 0 Å². The molecule has 0 bridgehead atoms.